The minimum Gasteiger partial charge on any atom is -0.394 e. The third-order valence-corrected chi connectivity index (χ3v) is 4.47. The monoisotopic (exact) mass is 243 g/mol. The molecule has 1 aliphatic rings. The number of nitrogens with one attached hydrogen (secondary N) is 1. The molecule has 2 atom stereocenters. The number of hydrogen-bond acceptors (Lipinski definition) is 3. The van der Waals surface area contributed by atoms with Crippen LogP contribution in [0.4, 0.5) is 0 Å². The van der Waals surface area contributed by atoms with Crippen molar-refractivity contribution >= 4 is 0 Å². The van der Waals surface area contributed by atoms with Crippen molar-refractivity contribution in [3.63, 3.8) is 0 Å². The maximum absolute atomic E-state index is 9.47. The van der Waals surface area contributed by atoms with Crippen LogP contribution in [0.2, 0.25) is 0 Å². The van der Waals surface area contributed by atoms with E-state index in [2.05, 4.69) is 26.1 Å². The van der Waals surface area contributed by atoms with E-state index >= 15 is 0 Å². The Kier molecular flexibility index (Phi) is 4.99. The van der Waals surface area contributed by atoms with E-state index in [0.717, 1.165) is 12.8 Å². The molecule has 0 amide bonds. The van der Waals surface area contributed by atoms with Gasteiger partial charge >= 0.3 is 0 Å². The summed E-state index contributed by atoms with van der Waals surface area (Å²) in [7, 11) is 0. The van der Waals surface area contributed by atoms with Crippen LogP contribution in [-0.2, 0) is 0 Å². The smallest absolute Gasteiger partial charge is 0.0647 e. The summed E-state index contributed by atoms with van der Waals surface area (Å²) in [5, 5.41) is 22.5. The summed E-state index contributed by atoms with van der Waals surface area (Å²) >= 11 is 0. The molecule has 0 radical (unpaired) electrons. The van der Waals surface area contributed by atoms with Gasteiger partial charge in [-0.3, -0.25) is 0 Å². The Bertz CT molecular complexity index is 228. The maximum Gasteiger partial charge on any atom is 0.0647 e. The number of hydrogen-bond donors (Lipinski definition) is 3. The fourth-order valence-electron chi connectivity index (χ4n) is 3.02. The molecule has 0 aliphatic heterocycles. The van der Waals surface area contributed by atoms with Crippen LogP contribution in [-0.4, -0.2) is 35.0 Å². The zero-order chi connectivity index (χ0) is 13.1. The second-order valence-corrected chi connectivity index (χ2v) is 6.59. The Labute approximate surface area is 106 Å². The lowest BCUT2D eigenvalue weighted by Crippen LogP contribution is -2.58. The average molecular weight is 243 g/mol. The molecule has 1 fully saturated rings. The van der Waals surface area contributed by atoms with Crippen LogP contribution < -0.4 is 5.32 Å². The fourth-order valence-corrected chi connectivity index (χ4v) is 3.02. The highest BCUT2D eigenvalue weighted by Crippen LogP contribution is 2.39. The standard InChI is InChI=1S/C14H29NO2/c1-5-14(9-16,10-17)15-12-6-7-13(3,4)8-11(12)2/h11-12,15-17H,5-10H2,1-4H3. The summed E-state index contributed by atoms with van der Waals surface area (Å²) in [4.78, 5) is 0. The first kappa shape index (κ1) is 14.9. The molecule has 1 saturated carbocycles. The highest BCUT2D eigenvalue weighted by molar-refractivity contribution is 4.94. The van der Waals surface area contributed by atoms with Crippen molar-refractivity contribution < 1.29 is 10.2 Å². The average Bonchev–Trinajstić information content (AvgIpc) is 2.28. The van der Waals surface area contributed by atoms with Crippen molar-refractivity contribution in [2.45, 2.75) is 65.0 Å². The number of rotatable bonds is 5. The zero-order valence-corrected chi connectivity index (χ0v) is 11.8. The lowest BCUT2D eigenvalue weighted by Gasteiger charge is -2.44. The van der Waals surface area contributed by atoms with Crippen LogP contribution in [0.1, 0.15) is 53.4 Å². The normalized spacial score (nSPS) is 29.3. The molecule has 0 bridgehead atoms. The lowest BCUT2D eigenvalue weighted by atomic mass is 9.70. The SMILES string of the molecule is CCC(CO)(CO)NC1CCC(C)(C)CC1C. The van der Waals surface area contributed by atoms with Crippen molar-refractivity contribution in [1.82, 2.24) is 5.32 Å². The minimum atomic E-state index is -0.500. The Morgan fingerprint density at radius 2 is 1.88 bits per heavy atom. The highest BCUT2D eigenvalue weighted by Gasteiger charge is 2.37. The molecule has 17 heavy (non-hydrogen) atoms. The predicted octanol–water partition coefficient (Wildman–Crippen LogP) is 1.92. The van der Waals surface area contributed by atoms with E-state index in [0.29, 0.717) is 17.4 Å². The van der Waals surface area contributed by atoms with Crippen LogP contribution in [0.3, 0.4) is 0 Å². The van der Waals surface area contributed by atoms with Crippen LogP contribution in [0, 0.1) is 11.3 Å². The first-order valence-corrected chi connectivity index (χ1v) is 6.87. The van der Waals surface area contributed by atoms with Gasteiger partial charge < -0.3 is 15.5 Å². The van der Waals surface area contributed by atoms with Crippen molar-refractivity contribution in [2.24, 2.45) is 11.3 Å². The summed E-state index contributed by atoms with van der Waals surface area (Å²) in [6.07, 6.45) is 4.31. The summed E-state index contributed by atoms with van der Waals surface area (Å²) in [6.45, 7) is 8.94. The van der Waals surface area contributed by atoms with Crippen LogP contribution >= 0.6 is 0 Å². The quantitative estimate of drug-likeness (QED) is 0.691. The zero-order valence-electron chi connectivity index (χ0n) is 11.8. The maximum atomic E-state index is 9.47. The second-order valence-electron chi connectivity index (χ2n) is 6.59. The molecule has 0 heterocycles. The third kappa shape index (κ3) is 3.67. The van der Waals surface area contributed by atoms with Gasteiger partial charge in [-0.15, -0.1) is 0 Å². The molecule has 0 aromatic carbocycles. The van der Waals surface area contributed by atoms with E-state index in [-0.39, 0.29) is 13.2 Å². The van der Waals surface area contributed by atoms with E-state index < -0.39 is 5.54 Å². The molecule has 1 rings (SSSR count). The van der Waals surface area contributed by atoms with E-state index in [4.69, 9.17) is 0 Å². The van der Waals surface area contributed by atoms with Gasteiger partial charge in [-0.2, -0.15) is 0 Å². The Hall–Kier alpha value is -0.120. The molecule has 3 N–H and O–H groups in total. The van der Waals surface area contributed by atoms with E-state index in [1.165, 1.54) is 12.8 Å². The molecule has 0 saturated heterocycles. The van der Waals surface area contributed by atoms with Crippen molar-refractivity contribution in [3.05, 3.63) is 0 Å². The van der Waals surface area contributed by atoms with Crippen LogP contribution in [0.5, 0.6) is 0 Å². The molecule has 3 nitrogen and oxygen atoms in total. The van der Waals surface area contributed by atoms with E-state index in [9.17, 15) is 10.2 Å². The Morgan fingerprint density at radius 1 is 1.29 bits per heavy atom. The summed E-state index contributed by atoms with van der Waals surface area (Å²) in [5.74, 6) is 0.600. The molecule has 3 heteroatoms. The minimum absolute atomic E-state index is 0.00656. The molecule has 2 unspecified atom stereocenters. The van der Waals surface area contributed by atoms with Gasteiger partial charge in [-0.1, -0.05) is 27.7 Å². The molecule has 0 spiro atoms. The van der Waals surface area contributed by atoms with Crippen molar-refractivity contribution in [1.29, 1.82) is 0 Å². The van der Waals surface area contributed by atoms with Gasteiger partial charge in [-0.25, -0.2) is 0 Å². The molecule has 0 aromatic heterocycles. The first-order chi connectivity index (χ1) is 7.88. The number of aliphatic hydroxyl groups is 2. The van der Waals surface area contributed by atoms with Gasteiger partial charge in [0.25, 0.3) is 0 Å². The molecule has 1 aliphatic carbocycles. The summed E-state index contributed by atoms with van der Waals surface area (Å²) in [6, 6.07) is 0.419. The molecular weight excluding hydrogens is 214 g/mol. The second kappa shape index (κ2) is 5.68. The summed E-state index contributed by atoms with van der Waals surface area (Å²) < 4.78 is 0. The largest absolute Gasteiger partial charge is 0.394 e. The Balaban J connectivity index is 2.63. The highest BCUT2D eigenvalue weighted by atomic mass is 16.3. The first-order valence-electron chi connectivity index (χ1n) is 6.87. The van der Waals surface area contributed by atoms with Gasteiger partial charge in [0.1, 0.15) is 0 Å². The van der Waals surface area contributed by atoms with Crippen molar-refractivity contribution in [2.75, 3.05) is 13.2 Å². The molecule has 0 aromatic rings. The predicted molar refractivity (Wildman–Crippen MR) is 70.9 cm³/mol. The van der Waals surface area contributed by atoms with Crippen molar-refractivity contribution in [3.8, 4) is 0 Å². The van der Waals surface area contributed by atoms with E-state index in [1.807, 2.05) is 6.92 Å². The third-order valence-electron chi connectivity index (χ3n) is 4.47. The van der Waals surface area contributed by atoms with E-state index in [1.54, 1.807) is 0 Å². The molecule has 102 valence electrons. The molecular formula is C14H29NO2. The van der Waals surface area contributed by atoms with Gasteiger partial charge in [-0.05, 0) is 37.0 Å². The lowest BCUT2D eigenvalue weighted by molar-refractivity contribution is 0.0497. The topological polar surface area (TPSA) is 52.5 Å². The number of aliphatic hydroxyl groups excluding tert-OH is 2. The van der Waals surface area contributed by atoms with Gasteiger partial charge in [0.2, 0.25) is 0 Å². The fraction of sp³-hybridized carbons (Fsp3) is 1.00. The Morgan fingerprint density at radius 3 is 2.29 bits per heavy atom. The van der Waals surface area contributed by atoms with Crippen LogP contribution in [0.25, 0.3) is 0 Å². The van der Waals surface area contributed by atoms with Gasteiger partial charge in [0, 0.05) is 6.04 Å². The van der Waals surface area contributed by atoms with Gasteiger partial charge in [0.05, 0.1) is 18.8 Å². The summed E-state index contributed by atoms with van der Waals surface area (Å²) in [5.41, 5.74) is -0.0642. The van der Waals surface area contributed by atoms with Crippen LogP contribution in [0.15, 0.2) is 0 Å². The van der Waals surface area contributed by atoms with Gasteiger partial charge in [0.15, 0.2) is 0 Å².